The van der Waals surface area contributed by atoms with Gasteiger partial charge < -0.3 is 10.1 Å². The van der Waals surface area contributed by atoms with Gasteiger partial charge in [-0.2, -0.15) is 0 Å². The van der Waals surface area contributed by atoms with Crippen molar-refractivity contribution in [2.75, 3.05) is 11.9 Å². The molecule has 0 unspecified atom stereocenters. The summed E-state index contributed by atoms with van der Waals surface area (Å²) in [6, 6.07) is 5.62. The minimum absolute atomic E-state index is 0.330. The Bertz CT molecular complexity index is 704. The van der Waals surface area contributed by atoms with E-state index in [2.05, 4.69) is 37.2 Å². The summed E-state index contributed by atoms with van der Waals surface area (Å²) in [5, 5.41) is 4.53. The minimum Gasteiger partial charge on any atom is -0.451 e. The van der Waals surface area contributed by atoms with Gasteiger partial charge in [0, 0.05) is 8.95 Å². The molecule has 22 heavy (non-hydrogen) atoms. The number of hydrogen-bond donors (Lipinski definition) is 1. The van der Waals surface area contributed by atoms with Crippen LogP contribution in [-0.2, 0) is 9.53 Å². The first-order chi connectivity index (χ1) is 10.4. The van der Waals surface area contributed by atoms with E-state index in [0.717, 1.165) is 20.1 Å². The number of hydrogen-bond acceptors (Lipinski definition) is 4. The van der Waals surface area contributed by atoms with Crippen LogP contribution in [0.5, 0.6) is 0 Å². The Hall–Kier alpha value is -1.18. The summed E-state index contributed by atoms with van der Waals surface area (Å²) in [6.45, 7) is 3.45. The zero-order valence-electron chi connectivity index (χ0n) is 11.9. The molecule has 0 aliphatic heterocycles. The molecule has 0 radical (unpaired) electrons. The number of ether oxygens (including phenoxy) is 1. The standard InChI is InChI=1S/C15H13Br2NO3S/c1-8-5-10(16)13(11(17)6-8)18-12(19)7-21-15(20)14-9(2)3-4-22-14/h3-6H,7H2,1-2H3,(H,18,19). The summed E-state index contributed by atoms with van der Waals surface area (Å²) < 4.78 is 6.55. The number of amides is 1. The third-order valence-corrected chi connectivity index (χ3v) is 5.08. The Morgan fingerprint density at radius 3 is 2.41 bits per heavy atom. The van der Waals surface area contributed by atoms with Crippen LogP contribution in [0, 0.1) is 13.8 Å². The first-order valence-corrected chi connectivity index (χ1v) is 8.81. The lowest BCUT2D eigenvalue weighted by atomic mass is 10.2. The number of halogens is 2. The fourth-order valence-electron chi connectivity index (χ4n) is 1.77. The maximum atomic E-state index is 11.9. The van der Waals surface area contributed by atoms with Gasteiger partial charge in [0.2, 0.25) is 0 Å². The van der Waals surface area contributed by atoms with Crippen LogP contribution in [-0.4, -0.2) is 18.5 Å². The summed E-state index contributed by atoms with van der Waals surface area (Å²) >= 11 is 8.09. The molecule has 0 atom stereocenters. The quantitative estimate of drug-likeness (QED) is 0.693. The topological polar surface area (TPSA) is 55.4 Å². The molecule has 116 valence electrons. The predicted octanol–water partition coefficient (Wildman–Crippen LogP) is 4.69. The molecule has 0 bridgehead atoms. The van der Waals surface area contributed by atoms with Crippen LogP contribution in [0.25, 0.3) is 0 Å². The second kappa shape index (κ2) is 7.39. The van der Waals surface area contributed by atoms with E-state index >= 15 is 0 Å². The van der Waals surface area contributed by atoms with E-state index in [9.17, 15) is 9.59 Å². The SMILES string of the molecule is Cc1cc(Br)c(NC(=O)COC(=O)c2sccc2C)c(Br)c1. The second-order valence-corrected chi connectivity index (χ2v) is 7.29. The van der Waals surface area contributed by atoms with Gasteiger partial charge in [-0.15, -0.1) is 11.3 Å². The van der Waals surface area contributed by atoms with Crippen LogP contribution < -0.4 is 5.32 Å². The Balaban J connectivity index is 1.97. The van der Waals surface area contributed by atoms with Crippen molar-refractivity contribution in [3.05, 3.63) is 48.5 Å². The Labute approximate surface area is 149 Å². The number of esters is 1. The molecule has 0 spiro atoms. The number of carbonyl (C=O) groups is 2. The number of nitrogens with one attached hydrogen (secondary N) is 1. The van der Waals surface area contributed by atoms with Crippen LogP contribution in [0.2, 0.25) is 0 Å². The highest BCUT2D eigenvalue weighted by Crippen LogP contribution is 2.32. The third-order valence-electron chi connectivity index (χ3n) is 2.83. The fraction of sp³-hybridized carbons (Fsp3) is 0.200. The van der Waals surface area contributed by atoms with Crippen LogP contribution in [0.15, 0.2) is 32.5 Å². The smallest absolute Gasteiger partial charge is 0.349 e. The van der Waals surface area contributed by atoms with Crippen LogP contribution in [0.3, 0.4) is 0 Å². The van der Waals surface area contributed by atoms with E-state index in [4.69, 9.17) is 4.74 Å². The van der Waals surface area contributed by atoms with E-state index in [1.54, 1.807) is 0 Å². The van der Waals surface area contributed by atoms with Crippen molar-refractivity contribution < 1.29 is 14.3 Å². The molecule has 0 saturated carbocycles. The van der Waals surface area contributed by atoms with Crippen molar-refractivity contribution >= 4 is 60.8 Å². The lowest BCUT2D eigenvalue weighted by Crippen LogP contribution is -2.21. The Morgan fingerprint density at radius 2 is 1.86 bits per heavy atom. The van der Waals surface area contributed by atoms with Gasteiger partial charge in [0.05, 0.1) is 5.69 Å². The van der Waals surface area contributed by atoms with Crippen molar-refractivity contribution in [3.8, 4) is 0 Å². The molecule has 2 rings (SSSR count). The van der Waals surface area contributed by atoms with Crippen molar-refractivity contribution in [2.24, 2.45) is 0 Å². The normalized spacial score (nSPS) is 10.4. The summed E-state index contributed by atoms with van der Waals surface area (Å²) in [5.74, 6) is -0.877. The summed E-state index contributed by atoms with van der Waals surface area (Å²) in [4.78, 5) is 24.3. The molecule has 1 aromatic heterocycles. The highest BCUT2D eigenvalue weighted by Gasteiger charge is 2.15. The molecule has 7 heteroatoms. The highest BCUT2D eigenvalue weighted by molar-refractivity contribution is 9.11. The molecular formula is C15H13Br2NO3S. The zero-order chi connectivity index (χ0) is 16.3. The van der Waals surface area contributed by atoms with Gasteiger partial charge >= 0.3 is 5.97 Å². The van der Waals surface area contributed by atoms with Crippen LogP contribution in [0.1, 0.15) is 20.8 Å². The van der Waals surface area contributed by atoms with Crippen LogP contribution in [0.4, 0.5) is 5.69 Å². The first kappa shape index (κ1) is 17.2. The molecule has 0 aliphatic rings. The zero-order valence-corrected chi connectivity index (χ0v) is 15.9. The number of benzene rings is 1. The largest absolute Gasteiger partial charge is 0.451 e. The van der Waals surface area contributed by atoms with Crippen molar-refractivity contribution in [1.82, 2.24) is 0 Å². The predicted molar refractivity (Wildman–Crippen MR) is 94.5 cm³/mol. The van der Waals surface area contributed by atoms with Gasteiger partial charge in [-0.25, -0.2) is 4.79 Å². The molecule has 0 saturated heterocycles. The number of thiophene rings is 1. The average molecular weight is 447 g/mol. The third kappa shape index (κ3) is 4.18. The van der Waals surface area contributed by atoms with Crippen molar-refractivity contribution in [1.29, 1.82) is 0 Å². The van der Waals surface area contributed by atoms with E-state index in [1.165, 1.54) is 11.3 Å². The molecule has 0 aliphatic carbocycles. The minimum atomic E-state index is -0.482. The van der Waals surface area contributed by atoms with Crippen molar-refractivity contribution in [3.63, 3.8) is 0 Å². The molecule has 1 amide bonds. The second-order valence-electron chi connectivity index (χ2n) is 4.66. The van der Waals surface area contributed by atoms with Crippen LogP contribution >= 0.6 is 43.2 Å². The Morgan fingerprint density at radius 1 is 1.23 bits per heavy atom. The maximum absolute atomic E-state index is 11.9. The van der Waals surface area contributed by atoms with E-state index in [0.29, 0.717) is 10.6 Å². The molecular weight excluding hydrogens is 434 g/mol. The number of anilines is 1. The maximum Gasteiger partial charge on any atom is 0.349 e. The van der Waals surface area contributed by atoms with Gasteiger partial charge in [0.25, 0.3) is 5.91 Å². The Kier molecular flexibility index (Phi) is 5.77. The van der Waals surface area contributed by atoms with Gasteiger partial charge in [-0.3, -0.25) is 4.79 Å². The van der Waals surface area contributed by atoms with Gasteiger partial charge in [-0.05, 0) is 80.4 Å². The van der Waals surface area contributed by atoms with Gasteiger partial charge in [-0.1, -0.05) is 0 Å². The van der Waals surface area contributed by atoms with E-state index in [-0.39, 0.29) is 6.61 Å². The molecule has 2 aromatic rings. The van der Waals surface area contributed by atoms with Crippen molar-refractivity contribution in [2.45, 2.75) is 13.8 Å². The lowest BCUT2D eigenvalue weighted by molar-refractivity contribution is -0.119. The number of aryl methyl sites for hydroxylation is 2. The molecule has 1 heterocycles. The molecule has 4 nitrogen and oxygen atoms in total. The fourth-order valence-corrected chi connectivity index (χ4v) is 4.20. The summed E-state index contributed by atoms with van der Waals surface area (Å²) in [6.07, 6.45) is 0. The van der Waals surface area contributed by atoms with Gasteiger partial charge in [0.15, 0.2) is 6.61 Å². The monoisotopic (exact) mass is 445 g/mol. The number of carbonyl (C=O) groups excluding carboxylic acids is 2. The molecule has 0 fully saturated rings. The van der Waals surface area contributed by atoms with E-state index < -0.39 is 11.9 Å². The summed E-state index contributed by atoms with van der Waals surface area (Å²) in [5.41, 5.74) is 2.51. The van der Waals surface area contributed by atoms with E-state index in [1.807, 2.05) is 37.4 Å². The number of rotatable bonds is 4. The first-order valence-electron chi connectivity index (χ1n) is 6.35. The lowest BCUT2D eigenvalue weighted by Gasteiger charge is -2.11. The molecule has 1 N–H and O–H groups in total. The van der Waals surface area contributed by atoms with Gasteiger partial charge in [0.1, 0.15) is 4.88 Å². The highest BCUT2D eigenvalue weighted by atomic mass is 79.9. The average Bonchev–Trinajstić information content (AvgIpc) is 2.86. The summed E-state index contributed by atoms with van der Waals surface area (Å²) in [7, 11) is 0. The molecule has 1 aromatic carbocycles.